The van der Waals surface area contributed by atoms with Crippen molar-refractivity contribution in [2.24, 2.45) is 11.8 Å². The van der Waals surface area contributed by atoms with Gasteiger partial charge in [-0.15, -0.1) is 0 Å². The van der Waals surface area contributed by atoms with E-state index in [1.54, 1.807) is 18.3 Å². The molecular formula is C27H35ClN4O. The number of rotatable bonds is 8. The van der Waals surface area contributed by atoms with Gasteiger partial charge < -0.3 is 10.2 Å². The summed E-state index contributed by atoms with van der Waals surface area (Å²) >= 11 is 6.09. The molecule has 2 aromatic heterocycles. The van der Waals surface area contributed by atoms with Gasteiger partial charge in [-0.3, -0.25) is 9.20 Å². The van der Waals surface area contributed by atoms with Crippen molar-refractivity contribution in [2.75, 3.05) is 18.5 Å². The number of halogens is 1. The lowest BCUT2D eigenvalue weighted by Crippen LogP contribution is -2.32. The van der Waals surface area contributed by atoms with Gasteiger partial charge in [0, 0.05) is 43.1 Å². The smallest absolute Gasteiger partial charge is 0.270 e. The monoisotopic (exact) mass is 466 g/mol. The Kier molecular flexibility index (Phi) is 7.59. The van der Waals surface area contributed by atoms with Gasteiger partial charge in [0.15, 0.2) is 0 Å². The van der Waals surface area contributed by atoms with Crippen molar-refractivity contribution in [3.05, 3.63) is 64.6 Å². The Morgan fingerprint density at radius 3 is 2.58 bits per heavy atom. The number of hydrogen-bond donors (Lipinski definition) is 1. The molecule has 4 rings (SSSR count). The number of aromatic nitrogens is 2. The Bertz CT molecular complexity index is 1090. The average molecular weight is 467 g/mol. The number of benzene rings is 1. The number of aryl methyl sites for hydroxylation is 1. The number of amides is 1. The topological polar surface area (TPSA) is 49.6 Å². The van der Waals surface area contributed by atoms with E-state index in [-0.39, 0.29) is 5.91 Å². The predicted molar refractivity (Wildman–Crippen MR) is 136 cm³/mol. The number of nitrogens with zero attached hydrogens (tertiary/aromatic N) is 3. The SMILES string of the molecule is CCc1nc2cc(Cl)ccn2c1C(=O)NCc1ccc(N(C)CC2CCCCC2CC)cc1. The molecule has 6 heteroatoms. The Morgan fingerprint density at radius 1 is 1.15 bits per heavy atom. The third-order valence-electron chi connectivity index (χ3n) is 7.14. The quantitative estimate of drug-likeness (QED) is 0.434. The molecule has 0 aliphatic heterocycles. The first-order valence-corrected chi connectivity index (χ1v) is 12.6. The fraction of sp³-hybridized carbons (Fsp3) is 0.481. The third kappa shape index (κ3) is 5.35. The van der Waals surface area contributed by atoms with Crippen LogP contribution in [0.2, 0.25) is 5.02 Å². The van der Waals surface area contributed by atoms with Crippen LogP contribution in [0, 0.1) is 11.8 Å². The molecule has 1 aliphatic rings. The molecule has 1 aliphatic carbocycles. The Morgan fingerprint density at radius 2 is 1.88 bits per heavy atom. The largest absolute Gasteiger partial charge is 0.374 e. The highest BCUT2D eigenvalue weighted by Crippen LogP contribution is 2.33. The standard InChI is InChI=1S/C27H35ClN4O/c1-4-20-8-6-7-9-21(20)18-31(3)23-12-10-19(11-13-23)17-29-27(33)26-24(5-2)30-25-16-22(28)14-15-32(25)26/h10-16,20-21H,4-9,17-18H2,1-3H3,(H,29,33). The first-order valence-electron chi connectivity index (χ1n) is 12.2. The third-order valence-corrected chi connectivity index (χ3v) is 7.37. The van der Waals surface area contributed by atoms with Gasteiger partial charge in [0.2, 0.25) is 0 Å². The van der Waals surface area contributed by atoms with E-state index in [0.717, 1.165) is 29.6 Å². The number of carbonyl (C=O) groups is 1. The molecule has 0 radical (unpaired) electrons. The van der Waals surface area contributed by atoms with Crippen molar-refractivity contribution in [3.63, 3.8) is 0 Å². The summed E-state index contributed by atoms with van der Waals surface area (Å²) in [5.41, 5.74) is 4.37. The van der Waals surface area contributed by atoms with Gasteiger partial charge in [-0.05, 0) is 48.4 Å². The van der Waals surface area contributed by atoms with Crippen LogP contribution in [0.25, 0.3) is 5.65 Å². The van der Waals surface area contributed by atoms with E-state index >= 15 is 0 Å². The van der Waals surface area contributed by atoms with Crippen molar-refractivity contribution < 1.29 is 4.79 Å². The van der Waals surface area contributed by atoms with Gasteiger partial charge in [0.25, 0.3) is 5.91 Å². The minimum Gasteiger partial charge on any atom is -0.374 e. The summed E-state index contributed by atoms with van der Waals surface area (Å²) in [5.74, 6) is 1.53. The molecule has 1 amide bonds. The van der Waals surface area contributed by atoms with E-state index in [1.807, 2.05) is 11.3 Å². The molecule has 33 heavy (non-hydrogen) atoms. The summed E-state index contributed by atoms with van der Waals surface area (Å²) in [6.45, 7) is 5.93. The second kappa shape index (κ2) is 10.6. The molecule has 176 valence electrons. The Labute approximate surface area is 202 Å². The summed E-state index contributed by atoms with van der Waals surface area (Å²) in [5, 5.41) is 3.68. The average Bonchev–Trinajstić information content (AvgIpc) is 3.21. The zero-order chi connectivity index (χ0) is 23.4. The minimum absolute atomic E-state index is 0.120. The molecule has 0 spiro atoms. The van der Waals surface area contributed by atoms with Crippen LogP contribution in [-0.2, 0) is 13.0 Å². The van der Waals surface area contributed by atoms with E-state index in [4.69, 9.17) is 11.6 Å². The zero-order valence-electron chi connectivity index (χ0n) is 20.0. The highest BCUT2D eigenvalue weighted by Gasteiger charge is 2.25. The van der Waals surface area contributed by atoms with Crippen molar-refractivity contribution in [3.8, 4) is 0 Å². The van der Waals surface area contributed by atoms with E-state index in [0.29, 0.717) is 29.3 Å². The van der Waals surface area contributed by atoms with Gasteiger partial charge in [0.05, 0.1) is 5.69 Å². The van der Waals surface area contributed by atoms with Crippen molar-refractivity contribution >= 4 is 28.8 Å². The molecule has 2 unspecified atom stereocenters. The summed E-state index contributed by atoms with van der Waals surface area (Å²) in [4.78, 5) is 20.0. The van der Waals surface area contributed by atoms with Crippen LogP contribution in [-0.4, -0.2) is 28.9 Å². The predicted octanol–water partition coefficient (Wildman–Crippen LogP) is 6.13. The van der Waals surface area contributed by atoms with Crippen LogP contribution in [0.5, 0.6) is 0 Å². The lowest BCUT2D eigenvalue weighted by molar-refractivity contribution is 0.0944. The van der Waals surface area contributed by atoms with Crippen LogP contribution in [0.1, 0.15) is 67.7 Å². The number of hydrogen-bond acceptors (Lipinski definition) is 3. The lowest BCUT2D eigenvalue weighted by Gasteiger charge is -2.34. The molecule has 0 bridgehead atoms. The normalized spacial score (nSPS) is 18.4. The van der Waals surface area contributed by atoms with Gasteiger partial charge in [0.1, 0.15) is 11.3 Å². The maximum atomic E-state index is 13.0. The summed E-state index contributed by atoms with van der Waals surface area (Å²) in [6.07, 6.45) is 9.27. The maximum Gasteiger partial charge on any atom is 0.270 e. The molecule has 1 N–H and O–H groups in total. The fourth-order valence-corrected chi connectivity index (χ4v) is 5.36. The van der Waals surface area contributed by atoms with Crippen molar-refractivity contribution in [2.45, 2.75) is 58.9 Å². The minimum atomic E-state index is -0.120. The molecule has 1 fully saturated rings. The van der Waals surface area contributed by atoms with Crippen molar-refractivity contribution in [1.29, 1.82) is 0 Å². The Balaban J connectivity index is 1.39. The molecule has 0 saturated heterocycles. The van der Waals surface area contributed by atoms with Gasteiger partial charge in [-0.1, -0.05) is 63.3 Å². The highest BCUT2D eigenvalue weighted by molar-refractivity contribution is 6.30. The summed E-state index contributed by atoms with van der Waals surface area (Å²) < 4.78 is 1.81. The van der Waals surface area contributed by atoms with Crippen LogP contribution < -0.4 is 10.2 Å². The van der Waals surface area contributed by atoms with Crippen LogP contribution in [0.3, 0.4) is 0 Å². The number of carbonyl (C=O) groups excluding carboxylic acids is 1. The number of anilines is 1. The Hall–Kier alpha value is -2.53. The van der Waals surface area contributed by atoms with Gasteiger partial charge in [-0.2, -0.15) is 0 Å². The summed E-state index contributed by atoms with van der Waals surface area (Å²) in [6, 6.07) is 12.1. The zero-order valence-corrected chi connectivity index (χ0v) is 20.7. The molecule has 3 aromatic rings. The molecule has 2 heterocycles. The number of imidazole rings is 1. The van der Waals surface area contributed by atoms with Crippen LogP contribution in [0.4, 0.5) is 5.69 Å². The number of pyridine rings is 1. The highest BCUT2D eigenvalue weighted by atomic mass is 35.5. The second-order valence-corrected chi connectivity index (χ2v) is 9.71. The van der Waals surface area contributed by atoms with Crippen molar-refractivity contribution in [1.82, 2.24) is 14.7 Å². The first-order chi connectivity index (χ1) is 16.0. The van der Waals surface area contributed by atoms with E-state index in [9.17, 15) is 4.79 Å². The molecule has 1 saturated carbocycles. The maximum absolute atomic E-state index is 13.0. The van der Waals surface area contributed by atoms with E-state index in [2.05, 4.69) is 53.4 Å². The lowest BCUT2D eigenvalue weighted by atomic mass is 9.77. The molecular weight excluding hydrogens is 432 g/mol. The van der Waals surface area contributed by atoms with Gasteiger partial charge >= 0.3 is 0 Å². The van der Waals surface area contributed by atoms with Crippen LogP contribution in [0.15, 0.2) is 42.6 Å². The first kappa shape index (κ1) is 23.6. The van der Waals surface area contributed by atoms with E-state index < -0.39 is 0 Å². The second-order valence-electron chi connectivity index (χ2n) is 9.28. The number of nitrogens with one attached hydrogen (secondary N) is 1. The van der Waals surface area contributed by atoms with E-state index in [1.165, 1.54) is 37.8 Å². The molecule has 5 nitrogen and oxygen atoms in total. The van der Waals surface area contributed by atoms with Gasteiger partial charge in [-0.25, -0.2) is 4.98 Å². The van der Waals surface area contributed by atoms with Crippen LogP contribution >= 0.6 is 11.6 Å². The molecule has 1 aromatic carbocycles. The number of fused-ring (bicyclic) bond motifs is 1. The fourth-order valence-electron chi connectivity index (χ4n) is 5.21. The summed E-state index contributed by atoms with van der Waals surface area (Å²) in [7, 11) is 2.20. The molecule has 2 atom stereocenters.